The molecule has 24 heavy (non-hydrogen) atoms. The van der Waals surface area contributed by atoms with Gasteiger partial charge in [0.15, 0.2) is 11.5 Å². The Morgan fingerprint density at radius 2 is 1.79 bits per heavy atom. The molecule has 2 rings (SSSR count). The molecule has 2 aromatic rings. The minimum atomic E-state index is -0.215. The largest absolute Gasteiger partial charge is 0.493 e. The first kappa shape index (κ1) is 18.3. The van der Waals surface area contributed by atoms with E-state index in [1.54, 1.807) is 19.2 Å². The third-order valence-corrected chi connectivity index (χ3v) is 3.78. The summed E-state index contributed by atoms with van der Waals surface area (Å²) < 4.78 is 24.3. The van der Waals surface area contributed by atoms with Gasteiger partial charge < -0.3 is 14.8 Å². The highest BCUT2D eigenvalue weighted by Gasteiger charge is 2.10. The molecule has 130 valence electrons. The summed E-state index contributed by atoms with van der Waals surface area (Å²) in [7, 11) is 1.65. The molecule has 0 radical (unpaired) electrons. The van der Waals surface area contributed by atoms with Crippen molar-refractivity contribution in [2.45, 2.75) is 33.4 Å². The van der Waals surface area contributed by atoms with Crippen molar-refractivity contribution in [1.29, 1.82) is 0 Å². The number of ether oxygens (including phenoxy) is 2. The van der Waals surface area contributed by atoms with Crippen molar-refractivity contribution in [3.63, 3.8) is 0 Å². The second kappa shape index (κ2) is 9.28. The molecule has 0 aliphatic heterocycles. The predicted octanol–water partition coefficient (Wildman–Crippen LogP) is 4.55. The van der Waals surface area contributed by atoms with Crippen LogP contribution in [0.25, 0.3) is 0 Å². The van der Waals surface area contributed by atoms with Crippen molar-refractivity contribution < 1.29 is 13.9 Å². The van der Waals surface area contributed by atoms with Gasteiger partial charge in [0, 0.05) is 18.7 Å². The van der Waals surface area contributed by atoms with Gasteiger partial charge in [-0.25, -0.2) is 4.39 Å². The summed E-state index contributed by atoms with van der Waals surface area (Å²) in [5.74, 6) is 1.93. The molecular weight excluding hydrogens is 305 g/mol. The molecule has 0 aliphatic rings. The Hall–Kier alpha value is -2.07. The maximum absolute atomic E-state index is 12.9. The summed E-state index contributed by atoms with van der Waals surface area (Å²) in [6.07, 6.45) is 1.00. The molecule has 0 fully saturated rings. The van der Waals surface area contributed by atoms with E-state index in [4.69, 9.17) is 9.47 Å². The van der Waals surface area contributed by atoms with Crippen molar-refractivity contribution in [2.24, 2.45) is 5.92 Å². The van der Waals surface area contributed by atoms with Crippen LogP contribution in [-0.2, 0) is 13.1 Å². The van der Waals surface area contributed by atoms with E-state index < -0.39 is 0 Å². The molecule has 0 atom stereocenters. The predicted molar refractivity (Wildman–Crippen MR) is 94.9 cm³/mol. The van der Waals surface area contributed by atoms with Crippen LogP contribution in [0, 0.1) is 11.7 Å². The number of benzene rings is 2. The first-order valence-electron chi connectivity index (χ1n) is 8.34. The Morgan fingerprint density at radius 3 is 2.46 bits per heavy atom. The van der Waals surface area contributed by atoms with Crippen molar-refractivity contribution in [1.82, 2.24) is 5.32 Å². The normalized spacial score (nSPS) is 10.9. The number of hydrogen-bond acceptors (Lipinski definition) is 3. The third-order valence-electron chi connectivity index (χ3n) is 3.78. The van der Waals surface area contributed by atoms with Crippen molar-refractivity contribution >= 4 is 0 Å². The molecule has 0 aliphatic carbocycles. The fourth-order valence-corrected chi connectivity index (χ4v) is 2.37. The topological polar surface area (TPSA) is 30.5 Å². The van der Waals surface area contributed by atoms with Crippen LogP contribution >= 0.6 is 0 Å². The van der Waals surface area contributed by atoms with Crippen LogP contribution in [0.3, 0.4) is 0 Å². The van der Waals surface area contributed by atoms with Crippen LogP contribution < -0.4 is 14.8 Å². The highest BCUT2D eigenvalue weighted by atomic mass is 19.1. The van der Waals surface area contributed by atoms with Crippen LogP contribution in [0.5, 0.6) is 11.5 Å². The zero-order valence-electron chi connectivity index (χ0n) is 14.6. The van der Waals surface area contributed by atoms with Gasteiger partial charge in [0.1, 0.15) is 5.82 Å². The minimum absolute atomic E-state index is 0.215. The van der Waals surface area contributed by atoms with Gasteiger partial charge in [-0.2, -0.15) is 0 Å². The first-order valence-corrected chi connectivity index (χ1v) is 8.34. The Bertz CT molecular complexity index is 626. The third kappa shape index (κ3) is 5.53. The molecule has 0 aromatic heterocycles. The van der Waals surface area contributed by atoms with Gasteiger partial charge in [-0.1, -0.05) is 38.1 Å². The molecule has 4 heteroatoms. The summed E-state index contributed by atoms with van der Waals surface area (Å²) >= 11 is 0. The Balaban J connectivity index is 1.98. The van der Waals surface area contributed by atoms with Crippen LogP contribution in [0.4, 0.5) is 4.39 Å². The molecule has 0 saturated carbocycles. The number of nitrogens with one attached hydrogen (secondary N) is 1. The molecule has 0 heterocycles. The van der Waals surface area contributed by atoms with Gasteiger partial charge in [-0.15, -0.1) is 0 Å². The lowest BCUT2D eigenvalue weighted by Gasteiger charge is -2.16. The summed E-state index contributed by atoms with van der Waals surface area (Å²) in [6.45, 7) is 6.35. The van der Waals surface area contributed by atoms with Gasteiger partial charge in [0.25, 0.3) is 0 Å². The number of methoxy groups -OCH3 is 1. The Kier molecular flexibility index (Phi) is 7.07. The lowest BCUT2D eigenvalue weighted by atomic mass is 10.1. The second-order valence-corrected chi connectivity index (χ2v) is 6.21. The fourth-order valence-electron chi connectivity index (χ4n) is 2.37. The van der Waals surface area contributed by atoms with Gasteiger partial charge >= 0.3 is 0 Å². The standard InChI is InChI=1S/C20H26FNO2/c1-15(2)11-12-24-20-17(5-4-6-19(20)23-3)14-22-13-16-7-9-18(21)10-8-16/h4-10,15,22H,11-14H2,1-3H3. The van der Waals surface area contributed by atoms with Gasteiger partial charge in [-0.3, -0.25) is 0 Å². The zero-order chi connectivity index (χ0) is 17.4. The smallest absolute Gasteiger partial charge is 0.165 e. The van der Waals surface area contributed by atoms with Crippen molar-refractivity contribution in [3.8, 4) is 11.5 Å². The minimum Gasteiger partial charge on any atom is -0.493 e. The van der Waals surface area contributed by atoms with E-state index >= 15 is 0 Å². The van der Waals surface area contributed by atoms with Gasteiger partial charge in [-0.05, 0) is 36.1 Å². The van der Waals surface area contributed by atoms with E-state index in [0.717, 1.165) is 29.0 Å². The number of rotatable bonds is 9. The summed E-state index contributed by atoms with van der Waals surface area (Å²) in [4.78, 5) is 0. The van der Waals surface area contributed by atoms with Crippen LogP contribution in [0.1, 0.15) is 31.4 Å². The maximum atomic E-state index is 12.9. The Labute approximate surface area is 143 Å². The highest BCUT2D eigenvalue weighted by molar-refractivity contribution is 5.46. The summed E-state index contributed by atoms with van der Waals surface area (Å²) in [5, 5.41) is 3.37. The van der Waals surface area contributed by atoms with Crippen LogP contribution in [0.2, 0.25) is 0 Å². The number of halogens is 1. The number of para-hydroxylation sites is 1. The fraction of sp³-hybridized carbons (Fsp3) is 0.400. The lowest BCUT2D eigenvalue weighted by molar-refractivity contribution is 0.269. The lowest BCUT2D eigenvalue weighted by Crippen LogP contribution is -2.14. The van der Waals surface area contributed by atoms with Crippen molar-refractivity contribution in [3.05, 3.63) is 59.4 Å². The van der Waals surface area contributed by atoms with Gasteiger partial charge in [0.2, 0.25) is 0 Å². The van der Waals surface area contributed by atoms with E-state index in [9.17, 15) is 4.39 Å². The zero-order valence-corrected chi connectivity index (χ0v) is 14.6. The van der Waals surface area contributed by atoms with E-state index in [2.05, 4.69) is 19.2 Å². The molecule has 3 nitrogen and oxygen atoms in total. The number of hydrogen-bond donors (Lipinski definition) is 1. The Morgan fingerprint density at radius 1 is 1.04 bits per heavy atom. The van der Waals surface area contributed by atoms with E-state index in [1.165, 1.54) is 12.1 Å². The molecule has 0 amide bonds. The van der Waals surface area contributed by atoms with E-state index in [-0.39, 0.29) is 5.82 Å². The quantitative estimate of drug-likeness (QED) is 0.731. The SMILES string of the molecule is COc1cccc(CNCc2ccc(F)cc2)c1OCCC(C)C. The molecule has 1 N–H and O–H groups in total. The van der Waals surface area contributed by atoms with E-state index in [1.807, 2.05) is 18.2 Å². The molecule has 0 spiro atoms. The second-order valence-electron chi connectivity index (χ2n) is 6.21. The molecule has 0 bridgehead atoms. The molecule has 0 saturated heterocycles. The van der Waals surface area contributed by atoms with Gasteiger partial charge in [0.05, 0.1) is 13.7 Å². The van der Waals surface area contributed by atoms with E-state index in [0.29, 0.717) is 25.6 Å². The average molecular weight is 331 g/mol. The first-order chi connectivity index (χ1) is 11.6. The molecule has 0 unspecified atom stereocenters. The molecule has 2 aromatic carbocycles. The summed E-state index contributed by atoms with van der Waals surface area (Å²) in [5.41, 5.74) is 2.10. The van der Waals surface area contributed by atoms with Crippen LogP contribution in [0.15, 0.2) is 42.5 Å². The highest BCUT2D eigenvalue weighted by Crippen LogP contribution is 2.31. The van der Waals surface area contributed by atoms with Crippen molar-refractivity contribution in [2.75, 3.05) is 13.7 Å². The monoisotopic (exact) mass is 331 g/mol. The van der Waals surface area contributed by atoms with Crippen LogP contribution in [-0.4, -0.2) is 13.7 Å². The average Bonchev–Trinajstić information content (AvgIpc) is 2.57. The summed E-state index contributed by atoms with van der Waals surface area (Å²) in [6, 6.07) is 12.4. The molecular formula is C20H26FNO2. The maximum Gasteiger partial charge on any atom is 0.165 e.